The Balaban J connectivity index is 1.83. The second kappa shape index (κ2) is 6.70. The number of hydrogen-bond donors (Lipinski definition) is 1. The first kappa shape index (κ1) is 14.1. The van der Waals surface area contributed by atoms with Crippen LogP contribution in [0.1, 0.15) is 25.7 Å². The fraction of sp³-hybridized carbons (Fsp3) is 0.429. The molecule has 1 saturated heterocycles. The number of carbonyl (C=O) groups excluding carboxylic acids is 2. The molecule has 0 atom stereocenters. The Labute approximate surface area is 121 Å². The minimum absolute atomic E-state index is 0.0733. The Morgan fingerprint density at radius 1 is 1.11 bits per heavy atom. The molecule has 1 aromatic carbocycles. The van der Waals surface area contributed by atoms with E-state index in [1.165, 1.54) is 6.42 Å². The van der Waals surface area contributed by atoms with Crippen LogP contribution >= 0.6 is 15.9 Å². The number of benzene rings is 1. The van der Waals surface area contributed by atoms with Crippen LogP contribution in [0.3, 0.4) is 0 Å². The second-order valence-electron chi connectivity index (χ2n) is 4.67. The normalized spacial score (nSPS) is 15.1. The van der Waals surface area contributed by atoms with Crippen LogP contribution in [0, 0.1) is 0 Å². The lowest BCUT2D eigenvalue weighted by Crippen LogP contribution is -2.37. The molecular formula is C14H17BrN2O2. The Bertz CT molecular complexity index is 453. The van der Waals surface area contributed by atoms with Crippen molar-refractivity contribution < 1.29 is 9.59 Å². The van der Waals surface area contributed by atoms with E-state index in [2.05, 4.69) is 21.2 Å². The smallest absolute Gasteiger partial charge is 0.233 e. The summed E-state index contributed by atoms with van der Waals surface area (Å²) in [4.78, 5) is 25.5. The van der Waals surface area contributed by atoms with E-state index in [1.54, 1.807) is 17.0 Å². The van der Waals surface area contributed by atoms with Crippen LogP contribution in [-0.4, -0.2) is 29.8 Å². The van der Waals surface area contributed by atoms with Gasteiger partial charge in [-0.2, -0.15) is 0 Å². The van der Waals surface area contributed by atoms with Crippen LogP contribution < -0.4 is 5.32 Å². The van der Waals surface area contributed by atoms with Gasteiger partial charge in [-0.3, -0.25) is 9.59 Å². The molecule has 1 aromatic rings. The highest BCUT2D eigenvalue weighted by Gasteiger charge is 2.19. The van der Waals surface area contributed by atoms with E-state index in [9.17, 15) is 9.59 Å². The molecule has 19 heavy (non-hydrogen) atoms. The first-order valence-electron chi connectivity index (χ1n) is 6.48. The van der Waals surface area contributed by atoms with Crippen molar-refractivity contribution in [3.63, 3.8) is 0 Å². The van der Waals surface area contributed by atoms with Crippen LogP contribution in [0.25, 0.3) is 0 Å². The zero-order chi connectivity index (χ0) is 13.7. The van der Waals surface area contributed by atoms with Crippen LogP contribution in [-0.2, 0) is 9.59 Å². The maximum Gasteiger partial charge on any atom is 0.233 e. The molecular weight excluding hydrogens is 308 g/mol. The van der Waals surface area contributed by atoms with Gasteiger partial charge in [-0.05, 0) is 43.5 Å². The van der Waals surface area contributed by atoms with Gasteiger partial charge in [0.25, 0.3) is 0 Å². The van der Waals surface area contributed by atoms with Crippen molar-refractivity contribution in [1.82, 2.24) is 4.90 Å². The van der Waals surface area contributed by atoms with E-state index >= 15 is 0 Å². The van der Waals surface area contributed by atoms with E-state index in [0.29, 0.717) is 5.69 Å². The summed E-state index contributed by atoms with van der Waals surface area (Å²) in [6.07, 6.45) is 3.19. The third kappa shape index (κ3) is 4.35. The molecule has 1 heterocycles. The first-order chi connectivity index (χ1) is 9.15. The summed E-state index contributed by atoms with van der Waals surface area (Å²) < 4.78 is 0.954. The summed E-state index contributed by atoms with van der Waals surface area (Å²) in [5, 5.41) is 2.73. The standard InChI is InChI=1S/C14H17BrN2O2/c15-11-4-6-12(7-5-11)16-13(18)10-14(19)17-8-2-1-3-9-17/h4-7H,1-3,8-10H2,(H,16,18). The van der Waals surface area contributed by atoms with Crippen molar-refractivity contribution in [1.29, 1.82) is 0 Å². The lowest BCUT2D eigenvalue weighted by Gasteiger charge is -2.26. The molecule has 0 saturated carbocycles. The van der Waals surface area contributed by atoms with E-state index in [-0.39, 0.29) is 18.2 Å². The summed E-state index contributed by atoms with van der Waals surface area (Å²) in [5.41, 5.74) is 0.708. The number of nitrogens with zero attached hydrogens (tertiary/aromatic N) is 1. The van der Waals surface area contributed by atoms with Gasteiger partial charge in [-0.1, -0.05) is 15.9 Å². The lowest BCUT2D eigenvalue weighted by molar-refractivity contribution is -0.135. The zero-order valence-corrected chi connectivity index (χ0v) is 12.3. The predicted molar refractivity (Wildman–Crippen MR) is 77.8 cm³/mol. The molecule has 2 amide bonds. The first-order valence-corrected chi connectivity index (χ1v) is 7.27. The minimum Gasteiger partial charge on any atom is -0.342 e. The van der Waals surface area contributed by atoms with Crippen LogP contribution in [0.15, 0.2) is 28.7 Å². The molecule has 0 aliphatic carbocycles. The highest BCUT2D eigenvalue weighted by molar-refractivity contribution is 9.10. The quantitative estimate of drug-likeness (QED) is 0.869. The van der Waals surface area contributed by atoms with Gasteiger partial charge in [0.05, 0.1) is 0 Å². The van der Waals surface area contributed by atoms with Crippen LogP contribution in [0.4, 0.5) is 5.69 Å². The maximum atomic E-state index is 11.9. The molecule has 1 aliphatic rings. The summed E-state index contributed by atoms with van der Waals surface area (Å²) in [5.74, 6) is -0.327. The summed E-state index contributed by atoms with van der Waals surface area (Å²) in [7, 11) is 0. The molecule has 0 spiro atoms. The number of halogens is 1. The number of piperidine rings is 1. The molecule has 4 nitrogen and oxygen atoms in total. The molecule has 1 fully saturated rings. The largest absolute Gasteiger partial charge is 0.342 e. The van der Waals surface area contributed by atoms with Crippen molar-refractivity contribution in [2.24, 2.45) is 0 Å². The molecule has 2 rings (SSSR count). The van der Waals surface area contributed by atoms with Gasteiger partial charge < -0.3 is 10.2 Å². The van der Waals surface area contributed by atoms with Gasteiger partial charge in [-0.15, -0.1) is 0 Å². The zero-order valence-electron chi connectivity index (χ0n) is 10.7. The monoisotopic (exact) mass is 324 g/mol. The Kier molecular flexibility index (Phi) is 4.96. The van der Waals surface area contributed by atoms with Crippen molar-refractivity contribution in [2.75, 3.05) is 18.4 Å². The molecule has 102 valence electrons. The van der Waals surface area contributed by atoms with Gasteiger partial charge in [-0.25, -0.2) is 0 Å². The summed E-state index contributed by atoms with van der Waals surface area (Å²) in [6.45, 7) is 1.56. The van der Waals surface area contributed by atoms with Crippen molar-refractivity contribution in [3.8, 4) is 0 Å². The van der Waals surface area contributed by atoms with Crippen LogP contribution in [0.2, 0.25) is 0 Å². The van der Waals surface area contributed by atoms with Crippen molar-refractivity contribution >= 4 is 33.4 Å². The van der Waals surface area contributed by atoms with Crippen molar-refractivity contribution in [3.05, 3.63) is 28.7 Å². The van der Waals surface area contributed by atoms with E-state index in [0.717, 1.165) is 30.4 Å². The molecule has 0 aromatic heterocycles. The Morgan fingerprint density at radius 2 is 1.74 bits per heavy atom. The number of hydrogen-bond acceptors (Lipinski definition) is 2. The Hall–Kier alpha value is -1.36. The topological polar surface area (TPSA) is 49.4 Å². The number of nitrogens with one attached hydrogen (secondary N) is 1. The molecule has 1 N–H and O–H groups in total. The van der Waals surface area contributed by atoms with Gasteiger partial charge >= 0.3 is 0 Å². The molecule has 0 radical (unpaired) electrons. The average Bonchev–Trinajstić information content (AvgIpc) is 2.42. The summed E-state index contributed by atoms with van der Waals surface area (Å²) in [6, 6.07) is 7.30. The molecule has 0 unspecified atom stereocenters. The van der Waals surface area contributed by atoms with E-state index in [1.807, 2.05) is 12.1 Å². The highest BCUT2D eigenvalue weighted by Crippen LogP contribution is 2.15. The van der Waals surface area contributed by atoms with Gasteiger partial charge in [0, 0.05) is 23.2 Å². The third-order valence-corrected chi connectivity index (χ3v) is 3.68. The molecule has 1 aliphatic heterocycles. The molecule has 0 bridgehead atoms. The SMILES string of the molecule is O=C(CC(=O)N1CCCCC1)Nc1ccc(Br)cc1. The van der Waals surface area contributed by atoms with Gasteiger partial charge in [0.1, 0.15) is 6.42 Å². The second-order valence-corrected chi connectivity index (χ2v) is 5.59. The fourth-order valence-corrected chi connectivity index (χ4v) is 2.40. The van der Waals surface area contributed by atoms with E-state index in [4.69, 9.17) is 0 Å². The van der Waals surface area contributed by atoms with Crippen LogP contribution in [0.5, 0.6) is 0 Å². The Morgan fingerprint density at radius 3 is 2.37 bits per heavy atom. The third-order valence-electron chi connectivity index (χ3n) is 3.15. The maximum absolute atomic E-state index is 11.9. The van der Waals surface area contributed by atoms with Crippen molar-refractivity contribution in [2.45, 2.75) is 25.7 Å². The number of amides is 2. The van der Waals surface area contributed by atoms with Gasteiger partial charge in [0.15, 0.2) is 0 Å². The highest BCUT2D eigenvalue weighted by atomic mass is 79.9. The minimum atomic E-state index is -0.252. The lowest BCUT2D eigenvalue weighted by atomic mass is 10.1. The summed E-state index contributed by atoms with van der Waals surface area (Å²) >= 11 is 3.33. The van der Waals surface area contributed by atoms with Gasteiger partial charge in [0.2, 0.25) is 11.8 Å². The number of carbonyl (C=O) groups is 2. The average molecular weight is 325 g/mol. The fourth-order valence-electron chi connectivity index (χ4n) is 2.13. The number of anilines is 1. The predicted octanol–water partition coefficient (Wildman–Crippen LogP) is 2.79. The number of rotatable bonds is 3. The van der Waals surface area contributed by atoms with E-state index < -0.39 is 0 Å². The number of likely N-dealkylation sites (tertiary alicyclic amines) is 1. The molecule has 5 heteroatoms.